The molecule has 0 bridgehead atoms. The molecule has 1 aromatic carbocycles. The van der Waals surface area contributed by atoms with E-state index in [0.29, 0.717) is 45.8 Å². The van der Waals surface area contributed by atoms with Crippen LogP contribution in [0.25, 0.3) is 10.2 Å². The standard InChI is InChI=1S/C22H29N3O4S/c1-7-24(8-2)11-12-25(21(26)16-13-14(3)29-15(16)4)22-23-19-17(27-5)9-10-18(28-6)20(19)30-22/h9-10,13H,7-8,11-12H2,1-6H3. The zero-order valence-corrected chi connectivity index (χ0v) is 19.3. The summed E-state index contributed by atoms with van der Waals surface area (Å²) in [7, 11) is 3.24. The number of amides is 1. The first-order chi connectivity index (χ1) is 14.4. The Morgan fingerprint density at radius 2 is 1.77 bits per heavy atom. The molecule has 162 valence electrons. The topological polar surface area (TPSA) is 68.0 Å². The van der Waals surface area contributed by atoms with Crippen LogP contribution < -0.4 is 14.4 Å². The van der Waals surface area contributed by atoms with Crippen LogP contribution in [0.15, 0.2) is 22.6 Å². The minimum atomic E-state index is -0.117. The van der Waals surface area contributed by atoms with E-state index in [1.807, 2.05) is 26.0 Å². The van der Waals surface area contributed by atoms with Gasteiger partial charge in [0.2, 0.25) is 0 Å². The SMILES string of the molecule is CCN(CC)CCN(C(=O)c1cc(C)oc1C)c1nc2c(OC)ccc(OC)c2s1. The van der Waals surface area contributed by atoms with E-state index >= 15 is 0 Å². The smallest absolute Gasteiger partial charge is 0.263 e. The fourth-order valence-electron chi connectivity index (χ4n) is 3.44. The van der Waals surface area contributed by atoms with Gasteiger partial charge in [0.15, 0.2) is 5.13 Å². The molecule has 0 aliphatic carbocycles. The van der Waals surface area contributed by atoms with Crippen LogP contribution in [-0.4, -0.2) is 56.2 Å². The molecular formula is C22H29N3O4S. The maximum absolute atomic E-state index is 13.5. The molecule has 0 atom stereocenters. The molecule has 0 aliphatic heterocycles. The Balaban J connectivity index is 2.07. The molecule has 3 aromatic rings. The Morgan fingerprint density at radius 1 is 1.10 bits per heavy atom. The lowest BCUT2D eigenvalue weighted by atomic mass is 10.2. The van der Waals surface area contributed by atoms with Crippen molar-refractivity contribution >= 4 is 32.6 Å². The highest BCUT2D eigenvalue weighted by Crippen LogP contribution is 2.40. The van der Waals surface area contributed by atoms with Crippen molar-refractivity contribution in [2.45, 2.75) is 27.7 Å². The summed E-state index contributed by atoms with van der Waals surface area (Å²) in [6.07, 6.45) is 0. The van der Waals surface area contributed by atoms with Crippen LogP contribution in [0, 0.1) is 13.8 Å². The number of methoxy groups -OCH3 is 2. The number of anilines is 1. The number of hydrogen-bond acceptors (Lipinski definition) is 7. The minimum absolute atomic E-state index is 0.117. The summed E-state index contributed by atoms with van der Waals surface area (Å²) in [6.45, 7) is 11.0. The Hall–Kier alpha value is -2.58. The number of likely N-dealkylation sites (N-methyl/N-ethyl adjacent to an activating group) is 1. The van der Waals surface area contributed by atoms with Crippen molar-refractivity contribution in [1.29, 1.82) is 0 Å². The van der Waals surface area contributed by atoms with Gasteiger partial charge in [-0.15, -0.1) is 0 Å². The Labute approximate surface area is 181 Å². The van der Waals surface area contributed by atoms with Crippen molar-refractivity contribution in [2.75, 3.05) is 45.3 Å². The highest BCUT2D eigenvalue weighted by molar-refractivity contribution is 7.22. The monoisotopic (exact) mass is 431 g/mol. The summed E-state index contributed by atoms with van der Waals surface area (Å²) in [5.74, 6) is 2.57. The number of aryl methyl sites for hydroxylation is 2. The second-order valence-corrected chi connectivity index (χ2v) is 7.93. The molecular weight excluding hydrogens is 402 g/mol. The quantitative estimate of drug-likeness (QED) is 0.496. The predicted octanol–water partition coefficient (Wildman–Crippen LogP) is 4.51. The average molecular weight is 432 g/mol. The molecule has 3 rings (SSSR count). The van der Waals surface area contributed by atoms with E-state index in [2.05, 4.69) is 18.7 Å². The molecule has 1 amide bonds. The molecule has 0 saturated heterocycles. The van der Waals surface area contributed by atoms with Gasteiger partial charge in [0.05, 0.1) is 19.8 Å². The molecule has 0 N–H and O–H groups in total. The molecule has 0 fully saturated rings. The van der Waals surface area contributed by atoms with Crippen LogP contribution in [0.1, 0.15) is 35.7 Å². The minimum Gasteiger partial charge on any atom is -0.495 e. The summed E-state index contributed by atoms with van der Waals surface area (Å²) >= 11 is 1.43. The molecule has 30 heavy (non-hydrogen) atoms. The second-order valence-electron chi connectivity index (χ2n) is 6.95. The first kappa shape index (κ1) is 22.1. The lowest BCUT2D eigenvalue weighted by molar-refractivity contribution is 0.0982. The number of benzene rings is 1. The van der Waals surface area contributed by atoms with E-state index in [4.69, 9.17) is 18.9 Å². The maximum atomic E-state index is 13.5. The molecule has 0 saturated carbocycles. The van der Waals surface area contributed by atoms with Crippen molar-refractivity contribution in [3.05, 3.63) is 35.3 Å². The zero-order chi connectivity index (χ0) is 21.8. The summed E-state index contributed by atoms with van der Waals surface area (Å²) in [6, 6.07) is 5.47. The largest absolute Gasteiger partial charge is 0.495 e. The number of thiazole rings is 1. The van der Waals surface area contributed by atoms with E-state index in [-0.39, 0.29) is 5.91 Å². The third kappa shape index (κ3) is 4.29. The second kappa shape index (κ2) is 9.49. The number of carbonyl (C=O) groups is 1. The number of aromatic nitrogens is 1. The van der Waals surface area contributed by atoms with Crippen LogP contribution >= 0.6 is 11.3 Å². The van der Waals surface area contributed by atoms with Crippen LogP contribution in [0.5, 0.6) is 11.5 Å². The summed E-state index contributed by atoms with van der Waals surface area (Å²) in [5, 5.41) is 0.614. The fraction of sp³-hybridized carbons (Fsp3) is 0.455. The zero-order valence-electron chi connectivity index (χ0n) is 18.4. The highest BCUT2D eigenvalue weighted by Gasteiger charge is 2.26. The maximum Gasteiger partial charge on any atom is 0.263 e. The van der Waals surface area contributed by atoms with Crippen molar-refractivity contribution in [3.8, 4) is 11.5 Å². The van der Waals surface area contributed by atoms with E-state index in [1.54, 1.807) is 25.2 Å². The molecule has 2 heterocycles. The van der Waals surface area contributed by atoms with Gasteiger partial charge in [-0.25, -0.2) is 4.98 Å². The van der Waals surface area contributed by atoms with Crippen LogP contribution in [-0.2, 0) is 0 Å². The third-order valence-corrected chi connectivity index (χ3v) is 6.27. The Morgan fingerprint density at radius 3 is 2.33 bits per heavy atom. The molecule has 2 aromatic heterocycles. The van der Waals surface area contributed by atoms with Gasteiger partial charge >= 0.3 is 0 Å². The van der Waals surface area contributed by atoms with E-state index in [9.17, 15) is 4.79 Å². The Kier molecular flexibility index (Phi) is 6.99. The normalized spacial score (nSPS) is 11.3. The predicted molar refractivity (Wildman–Crippen MR) is 120 cm³/mol. The molecule has 0 aliphatic rings. The van der Waals surface area contributed by atoms with Crippen LogP contribution in [0.2, 0.25) is 0 Å². The first-order valence-corrected chi connectivity index (χ1v) is 10.9. The molecule has 8 heteroatoms. The number of hydrogen-bond donors (Lipinski definition) is 0. The molecule has 7 nitrogen and oxygen atoms in total. The van der Waals surface area contributed by atoms with E-state index in [0.717, 1.165) is 24.3 Å². The van der Waals surface area contributed by atoms with Crippen LogP contribution in [0.3, 0.4) is 0 Å². The first-order valence-electron chi connectivity index (χ1n) is 10.1. The van der Waals surface area contributed by atoms with Crippen molar-refractivity contribution in [1.82, 2.24) is 9.88 Å². The van der Waals surface area contributed by atoms with Gasteiger partial charge in [-0.2, -0.15) is 0 Å². The van der Waals surface area contributed by atoms with Gasteiger partial charge in [-0.1, -0.05) is 25.2 Å². The van der Waals surface area contributed by atoms with Crippen LogP contribution in [0.4, 0.5) is 5.13 Å². The van der Waals surface area contributed by atoms with Gasteiger partial charge in [-0.05, 0) is 45.1 Å². The summed E-state index contributed by atoms with van der Waals surface area (Å²) in [5.41, 5.74) is 1.25. The van der Waals surface area contributed by atoms with Gasteiger partial charge in [-0.3, -0.25) is 9.69 Å². The lowest BCUT2D eigenvalue weighted by Crippen LogP contribution is -2.39. The van der Waals surface area contributed by atoms with E-state index < -0.39 is 0 Å². The number of nitrogens with zero attached hydrogens (tertiary/aromatic N) is 3. The van der Waals surface area contributed by atoms with Gasteiger partial charge in [0.25, 0.3) is 5.91 Å². The summed E-state index contributed by atoms with van der Waals surface area (Å²) in [4.78, 5) is 22.3. The average Bonchev–Trinajstić information content (AvgIpc) is 3.33. The summed E-state index contributed by atoms with van der Waals surface area (Å²) < 4.78 is 17.5. The fourth-order valence-corrected chi connectivity index (χ4v) is 4.54. The Bertz CT molecular complexity index is 982. The number of ether oxygens (including phenoxy) is 2. The number of rotatable bonds is 9. The number of carbonyl (C=O) groups excluding carboxylic acids is 1. The molecule has 0 spiro atoms. The highest BCUT2D eigenvalue weighted by atomic mass is 32.1. The molecule has 0 unspecified atom stereocenters. The number of fused-ring (bicyclic) bond motifs is 1. The van der Waals surface area contributed by atoms with E-state index in [1.165, 1.54) is 11.3 Å². The number of furan rings is 1. The van der Waals surface area contributed by atoms with Crippen molar-refractivity contribution < 1.29 is 18.7 Å². The van der Waals surface area contributed by atoms with Crippen molar-refractivity contribution in [3.63, 3.8) is 0 Å². The van der Waals surface area contributed by atoms with Crippen molar-refractivity contribution in [2.24, 2.45) is 0 Å². The third-order valence-electron chi connectivity index (χ3n) is 5.18. The lowest BCUT2D eigenvalue weighted by Gasteiger charge is -2.24. The van der Waals surface area contributed by atoms with Gasteiger partial charge < -0.3 is 18.8 Å². The van der Waals surface area contributed by atoms with Gasteiger partial charge in [0, 0.05) is 13.1 Å². The molecule has 0 radical (unpaired) electrons. The van der Waals surface area contributed by atoms with Gasteiger partial charge in [0.1, 0.15) is 33.2 Å².